The molecule has 0 spiro atoms. The maximum atomic E-state index is 6.09. The minimum absolute atomic E-state index is 0.369. The highest BCUT2D eigenvalue weighted by Gasteiger charge is 2.38. The van der Waals surface area contributed by atoms with Crippen LogP contribution in [0.4, 0.5) is 0 Å². The molecule has 1 atom stereocenters. The lowest BCUT2D eigenvalue weighted by Gasteiger charge is -2.14. The van der Waals surface area contributed by atoms with Crippen molar-refractivity contribution < 1.29 is 14.0 Å². The summed E-state index contributed by atoms with van der Waals surface area (Å²) in [4.78, 5) is 4.23. The summed E-state index contributed by atoms with van der Waals surface area (Å²) in [6.07, 6.45) is 1.68. The van der Waals surface area contributed by atoms with Gasteiger partial charge in [-0.3, -0.25) is 0 Å². The number of nitrogens with zero attached hydrogens (tertiary/aromatic N) is 2. The fraction of sp³-hybridized carbons (Fsp3) is 0.800. The highest BCUT2D eigenvalue weighted by molar-refractivity contribution is 5.04. The molecule has 1 fully saturated rings. The molecule has 0 aromatic carbocycles. The third-order valence-corrected chi connectivity index (χ3v) is 2.53. The topological polar surface area (TPSA) is 83.4 Å². The molecule has 0 amide bonds. The van der Waals surface area contributed by atoms with E-state index in [0.717, 1.165) is 6.42 Å². The Morgan fingerprint density at radius 3 is 3.12 bits per heavy atom. The fourth-order valence-electron chi connectivity index (χ4n) is 1.57. The molecule has 0 aliphatic carbocycles. The SMILES string of the molecule is CCCOCc1noc(C2(N)CCOC2)n1. The molecule has 6 heteroatoms. The summed E-state index contributed by atoms with van der Waals surface area (Å²) in [6.45, 7) is 4.19. The van der Waals surface area contributed by atoms with Gasteiger partial charge < -0.3 is 19.7 Å². The second-order valence-electron chi connectivity index (χ2n) is 4.03. The van der Waals surface area contributed by atoms with Gasteiger partial charge in [-0.05, 0) is 12.8 Å². The van der Waals surface area contributed by atoms with Crippen molar-refractivity contribution in [3.05, 3.63) is 11.7 Å². The lowest BCUT2D eigenvalue weighted by molar-refractivity contribution is 0.114. The Labute approximate surface area is 94.1 Å². The molecule has 1 aliphatic rings. The van der Waals surface area contributed by atoms with Crippen LogP contribution in [0.5, 0.6) is 0 Å². The molecule has 2 rings (SSSR count). The van der Waals surface area contributed by atoms with E-state index < -0.39 is 5.54 Å². The van der Waals surface area contributed by atoms with Crippen LogP contribution in [0.25, 0.3) is 0 Å². The van der Waals surface area contributed by atoms with Crippen LogP contribution in [0.2, 0.25) is 0 Å². The smallest absolute Gasteiger partial charge is 0.249 e. The van der Waals surface area contributed by atoms with Crippen LogP contribution in [-0.2, 0) is 21.6 Å². The first-order valence-electron chi connectivity index (χ1n) is 5.52. The van der Waals surface area contributed by atoms with Gasteiger partial charge >= 0.3 is 0 Å². The number of hydrogen-bond donors (Lipinski definition) is 1. The zero-order valence-electron chi connectivity index (χ0n) is 9.44. The molecule has 1 aromatic heterocycles. The van der Waals surface area contributed by atoms with Gasteiger partial charge in [0, 0.05) is 13.2 Å². The highest BCUT2D eigenvalue weighted by atomic mass is 16.5. The number of ether oxygens (including phenoxy) is 2. The van der Waals surface area contributed by atoms with Crippen molar-refractivity contribution in [1.29, 1.82) is 0 Å². The summed E-state index contributed by atoms with van der Waals surface area (Å²) in [5.41, 5.74) is 5.47. The van der Waals surface area contributed by atoms with Crippen LogP contribution in [-0.4, -0.2) is 30.0 Å². The highest BCUT2D eigenvalue weighted by Crippen LogP contribution is 2.26. The molecule has 16 heavy (non-hydrogen) atoms. The van der Waals surface area contributed by atoms with Gasteiger partial charge in [0.05, 0.1) is 6.61 Å². The molecule has 90 valence electrons. The van der Waals surface area contributed by atoms with E-state index in [4.69, 9.17) is 19.7 Å². The zero-order chi connectivity index (χ0) is 11.4. The monoisotopic (exact) mass is 227 g/mol. The minimum Gasteiger partial charge on any atom is -0.379 e. The third-order valence-electron chi connectivity index (χ3n) is 2.53. The van der Waals surface area contributed by atoms with Crippen molar-refractivity contribution in [2.24, 2.45) is 5.73 Å². The number of nitrogens with two attached hydrogens (primary N) is 1. The molecule has 1 unspecified atom stereocenters. The molecule has 0 radical (unpaired) electrons. The van der Waals surface area contributed by atoms with Crippen LogP contribution in [0.1, 0.15) is 31.5 Å². The molecule has 6 nitrogen and oxygen atoms in total. The van der Waals surface area contributed by atoms with E-state index in [9.17, 15) is 0 Å². The van der Waals surface area contributed by atoms with Crippen molar-refractivity contribution >= 4 is 0 Å². The van der Waals surface area contributed by atoms with E-state index in [0.29, 0.717) is 44.6 Å². The van der Waals surface area contributed by atoms with Crippen molar-refractivity contribution in [1.82, 2.24) is 10.1 Å². The van der Waals surface area contributed by atoms with Gasteiger partial charge in [-0.1, -0.05) is 12.1 Å². The second kappa shape index (κ2) is 4.90. The van der Waals surface area contributed by atoms with Crippen LogP contribution in [0, 0.1) is 0 Å². The Morgan fingerprint density at radius 1 is 1.56 bits per heavy atom. The van der Waals surface area contributed by atoms with E-state index in [2.05, 4.69) is 10.1 Å². The van der Waals surface area contributed by atoms with Gasteiger partial charge in [0.15, 0.2) is 5.82 Å². The van der Waals surface area contributed by atoms with Gasteiger partial charge in [-0.25, -0.2) is 0 Å². The van der Waals surface area contributed by atoms with Gasteiger partial charge in [-0.2, -0.15) is 4.98 Å². The lowest BCUT2D eigenvalue weighted by atomic mass is 10.0. The van der Waals surface area contributed by atoms with Crippen LogP contribution < -0.4 is 5.73 Å². The molecule has 2 N–H and O–H groups in total. The summed E-state index contributed by atoms with van der Waals surface area (Å²) in [6, 6.07) is 0. The summed E-state index contributed by atoms with van der Waals surface area (Å²) in [7, 11) is 0. The van der Waals surface area contributed by atoms with E-state index >= 15 is 0 Å². The Bertz CT molecular complexity index is 334. The van der Waals surface area contributed by atoms with Gasteiger partial charge in [0.2, 0.25) is 5.89 Å². The summed E-state index contributed by atoms with van der Waals surface area (Å²) >= 11 is 0. The molecule has 1 aromatic rings. The predicted molar refractivity (Wildman–Crippen MR) is 55.5 cm³/mol. The predicted octanol–water partition coefficient (Wildman–Crippen LogP) is 0.571. The van der Waals surface area contributed by atoms with Crippen LogP contribution in [0.15, 0.2) is 4.52 Å². The Hall–Kier alpha value is -0.980. The lowest BCUT2D eigenvalue weighted by Crippen LogP contribution is -2.37. The molecular weight excluding hydrogens is 210 g/mol. The first-order valence-corrected chi connectivity index (χ1v) is 5.52. The van der Waals surface area contributed by atoms with E-state index in [1.54, 1.807) is 0 Å². The zero-order valence-corrected chi connectivity index (χ0v) is 9.44. The molecule has 1 saturated heterocycles. The average Bonchev–Trinajstić information content (AvgIpc) is 2.88. The largest absolute Gasteiger partial charge is 0.379 e. The summed E-state index contributed by atoms with van der Waals surface area (Å²) in [5.74, 6) is 0.986. The van der Waals surface area contributed by atoms with Gasteiger partial charge in [0.25, 0.3) is 0 Å². The van der Waals surface area contributed by atoms with Crippen molar-refractivity contribution in [3.63, 3.8) is 0 Å². The Morgan fingerprint density at radius 2 is 2.44 bits per heavy atom. The van der Waals surface area contributed by atoms with E-state index in [1.165, 1.54) is 0 Å². The maximum absolute atomic E-state index is 6.09. The number of aromatic nitrogens is 2. The first kappa shape index (κ1) is 11.5. The summed E-state index contributed by atoms with van der Waals surface area (Å²) in [5, 5.41) is 3.83. The molecule has 0 bridgehead atoms. The van der Waals surface area contributed by atoms with E-state index in [1.807, 2.05) is 6.92 Å². The molecule has 1 aliphatic heterocycles. The van der Waals surface area contributed by atoms with Gasteiger partial charge in [0.1, 0.15) is 12.1 Å². The number of hydrogen-bond acceptors (Lipinski definition) is 6. The van der Waals surface area contributed by atoms with Crippen molar-refractivity contribution in [3.8, 4) is 0 Å². The van der Waals surface area contributed by atoms with Crippen LogP contribution >= 0.6 is 0 Å². The Balaban J connectivity index is 1.96. The third kappa shape index (κ3) is 2.40. The molecule has 2 heterocycles. The van der Waals surface area contributed by atoms with Gasteiger partial charge in [-0.15, -0.1) is 0 Å². The summed E-state index contributed by atoms with van der Waals surface area (Å²) < 4.78 is 15.7. The molecular formula is C10H17N3O3. The maximum Gasteiger partial charge on any atom is 0.249 e. The minimum atomic E-state index is -0.615. The Kier molecular flexibility index (Phi) is 3.52. The standard InChI is InChI=1S/C10H17N3O3/c1-2-4-14-6-8-12-9(16-13-8)10(11)3-5-15-7-10/h2-7,11H2,1H3. The second-order valence-corrected chi connectivity index (χ2v) is 4.03. The quantitative estimate of drug-likeness (QED) is 0.740. The van der Waals surface area contributed by atoms with Crippen LogP contribution in [0.3, 0.4) is 0 Å². The van der Waals surface area contributed by atoms with Crippen molar-refractivity contribution in [2.75, 3.05) is 19.8 Å². The normalized spacial score (nSPS) is 25.1. The number of rotatable bonds is 5. The van der Waals surface area contributed by atoms with Crippen molar-refractivity contribution in [2.45, 2.75) is 31.9 Å². The average molecular weight is 227 g/mol. The fourth-order valence-corrected chi connectivity index (χ4v) is 1.57. The van der Waals surface area contributed by atoms with E-state index in [-0.39, 0.29) is 0 Å². The molecule has 0 saturated carbocycles. The first-order chi connectivity index (χ1) is 7.74.